The van der Waals surface area contributed by atoms with Crippen LogP contribution in [0.4, 0.5) is 0 Å². The van der Waals surface area contributed by atoms with E-state index in [2.05, 4.69) is 23.8 Å². The van der Waals surface area contributed by atoms with Crippen molar-refractivity contribution in [1.82, 2.24) is 0 Å². The van der Waals surface area contributed by atoms with Gasteiger partial charge >= 0.3 is 0 Å². The quantitative estimate of drug-likeness (QED) is 0.771. The molecular weight excluding hydrogens is 180 g/mol. The topological polar surface area (TPSA) is 20.2 Å². The SMILES string of the molecule is CC1CCC(O)(Cc2ccsc2)C1. The first-order chi connectivity index (χ1) is 6.18. The molecule has 1 aliphatic rings. The molecule has 2 rings (SSSR count). The standard InChI is InChI=1S/C11H16OS/c1-9-2-4-11(12,6-9)7-10-3-5-13-8-10/h3,5,8-9,12H,2,4,6-7H2,1H3. The van der Waals surface area contributed by atoms with E-state index in [0.29, 0.717) is 5.92 Å². The molecule has 13 heavy (non-hydrogen) atoms. The maximum Gasteiger partial charge on any atom is 0.0690 e. The zero-order valence-electron chi connectivity index (χ0n) is 7.99. The maximum atomic E-state index is 10.2. The summed E-state index contributed by atoms with van der Waals surface area (Å²) in [6, 6.07) is 2.12. The van der Waals surface area contributed by atoms with Crippen LogP contribution >= 0.6 is 11.3 Å². The van der Waals surface area contributed by atoms with E-state index in [1.165, 1.54) is 12.0 Å². The van der Waals surface area contributed by atoms with E-state index in [1.54, 1.807) is 11.3 Å². The predicted molar refractivity (Wildman–Crippen MR) is 56.0 cm³/mol. The zero-order chi connectivity index (χ0) is 9.31. The predicted octanol–water partition coefficient (Wildman–Crippen LogP) is 2.84. The van der Waals surface area contributed by atoms with Crippen LogP contribution in [0.25, 0.3) is 0 Å². The summed E-state index contributed by atoms with van der Waals surface area (Å²) in [4.78, 5) is 0. The fourth-order valence-electron chi connectivity index (χ4n) is 2.30. The Bertz CT molecular complexity index is 268. The molecular formula is C11H16OS. The molecule has 2 unspecified atom stereocenters. The van der Waals surface area contributed by atoms with Crippen LogP contribution in [0, 0.1) is 5.92 Å². The highest BCUT2D eigenvalue weighted by Crippen LogP contribution is 2.36. The minimum atomic E-state index is -0.402. The summed E-state index contributed by atoms with van der Waals surface area (Å²) in [6.45, 7) is 2.23. The summed E-state index contributed by atoms with van der Waals surface area (Å²) < 4.78 is 0. The zero-order valence-corrected chi connectivity index (χ0v) is 8.81. The van der Waals surface area contributed by atoms with E-state index in [9.17, 15) is 5.11 Å². The van der Waals surface area contributed by atoms with Crippen molar-refractivity contribution in [1.29, 1.82) is 0 Å². The summed E-state index contributed by atoms with van der Waals surface area (Å²) in [7, 11) is 0. The van der Waals surface area contributed by atoms with Gasteiger partial charge in [0.05, 0.1) is 5.60 Å². The normalized spacial score (nSPS) is 33.8. The molecule has 1 nitrogen and oxygen atoms in total. The number of thiophene rings is 1. The fraction of sp³-hybridized carbons (Fsp3) is 0.636. The van der Waals surface area contributed by atoms with Gasteiger partial charge in [-0.05, 0) is 47.6 Å². The molecule has 1 heterocycles. The molecule has 2 atom stereocenters. The molecule has 0 bridgehead atoms. The lowest BCUT2D eigenvalue weighted by Crippen LogP contribution is -2.27. The fourth-order valence-corrected chi connectivity index (χ4v) is 2.97. The van der Waals surface area contributed by atoms with Gasteiger partial charge in [0.25, 0.3) is 0 Å². The summed E-state index contributed by atoms with van der Waals surface area (Å²) in [5, 5.41) is 14.5. The van der Waals surface area contributed by atoms with E-state index in [1.807, 2.05) is 0 Å². The average Bonchev–Trinajstić information content (AvgIpc) is 2.62. The Kier molecular flexibility index (Phi) is 2.43. The van der Waals surface area contributed by atoms with Gasteiger partial charge in [0.2, 0.25) is 0 Å². The van der Waals surface area contributed by atoms with Gasteiger partial charge in [-0.3, -0.25) is 0 Å². The van der Waals surface area contributed by atoms with Crippen molar-refractivity contribution in [3.63, 3.8) is 0 Å². The molecule has 0 amide bonds. The van der Waals surface area contributed by atoms with Crippen LogP contribution < -0.4 is 0 Å². The molecule has 0 aromatic carbocycles. The molecule has 1 aromatic heterocycles. The monoisotopic (exact) mass is 196 g/mol. The van der Waals surface area contributed by atoms with Crippen molar-refractivity contribution < 1.29 is 5.11 Å². The maximum absolute atomic E-state index is 10.2. The molecule has 1 N–H and O–H groups in total. The third kappa shape index (κ3) is 2.12. The van der Waals surface area contributed by atoms with Crippen molar-refractivity contribution >= 4 is 11.3 Å². The Morgan fingerprint density at radius 3 is 3.08 bits per heavy atom. The first kappa shape index (κ1) is 9.22. The van der Waals surface area contributed by atoms with Gasteiger partial charge < -0.3 is 5.11 Å². The largest absolute Gasteiger partial charge is 0.390 e. The van der Waals surface area contributed by atoms with Gasteiger partial charge in [-0.15, -0.1) is 0 Å². The second-order valence-corrected chi connectivity index (χ2v) is 5.16. The highest BCUT2D eigenvalue weighted by molar-refractivity contribution is 7.07. The van der Waals surface area contributed by atoms with Crippen LogP contribution in [0.5, 0.6) is 0 Å². The average molecular weight is 196 g/mol. The Hall–Kier alpha value is -0.340. The molecule has 1 saturated carbocycles. The third-order valence-electron chi connectivity index (χ3n) is 2.94. The van der Waals surface area contributed by atoms with Crippen molar-refractivity contribution in [2.45, 2.75) is 38.2 Å². The van der Waals surface area contributed by atoms with Crippen molar-refractivity contribution in [2.75, 3.05) is 0 Å². The van der Waals surface area contributed by atoms with Gasteiger partial charge in [0, 0.05) is 6.42 Å². The van der Waals surface area contributed by atoms with Crippen LogP contribution in [0.1, 0.15) is 31.7 Å². The molecule has 0 saturated heterocycles. The lowest BCUT2D eigenvalue weighted by atomic mass is 9.93. The summed E-state index contributed by atoms with van der Waals surface area (Å²) in [5.41, 5.74) is 0.891. The Balaban J connectivity index is 2.01. The number of rotatable bonds is 2. The highest BCUT2D eigenvalue weighted by atomic mass is 32.1. The Morgan fingerprint density at radius 2 is 2.54 bits per heavy atom. The van der Waals surface area contributed by atoms with E-state index < -0.39 is 5.60 Å². The number of hydrogen-bond donors (Lipinski definition) is 1. The lowest BCUT2D eigenvalue weighted by molar-refractivity contribution is 0.0447. The Labute approximate surface area is 83.4 Å². The highest BCUT2D eigenvalue weighted by Gasteiger charge is 2.35. The molecule has 0 aliphatic heterocycles. The molecule has 1 aliphatic carbocycles. The Morgan fingerprint density at radius 1 is 1.69 bits per heavy atom. The van der Waals surface area contributed by atoms with E-state index in [-0.39, 0.29) is 0 Å². The van der Waals surface area contributed by atoms with Crippen LogP contribution in [0.15, 0.2) is 16.8 Å². The van der Waals surface area contributed by atoms with E-state index in [0.717, 1.165) is 19.3 Å². The first-order valence-electron chi connectivity index (χ1n) is 4.91. The summed E-state index contributed by atoms with van der Waals surface area (Å²) in [5.74, 6) is 0.698. The number of aliphatic hydroxyl groups is 1. The van der Waals surface area contributed by atoms with Gasteiger partial charge in [0.1, 0.15) is 0 Å². The summed E-state index contributed by atoms with van der Waals surface area (Å²) in [6.07, 6.45) is 3.98. The van der Waals surface area contributed by atoms with Gasteiger partial charge in [-0.25, -0.2) is 0 Å². The number of hydrogen-bond acceptors (Lipinski definition) is 2. The molecule has 2 heteroatoms. The molecule has 1 fully saturated rings. The minimum absolute atomic E-state index is 0.402. The molecule has 0 radical (unpaired) electrons. The third-order valence-corrected chi connectivity index (χ3v) is 3.68. The van der Waals surface area contributed by atoms with Crippen molar-refractivity contribution in [3.8, 4) is 0 Å². The smallest absolute Gasteiger partial charge is 0.0690 e. The second kappa shape index (κ2) is 3.43. The van der Waals surface area contributed by atoms with E-state index in [4.69, 9.17) is 0 Å². The van der Waals surface area contributed by atoms with Gasteiger partial charge in [0.15, 0.2) is 0 Å². The summed E-state index contributed by atoms with van der Waals surface area (Å²) >= 11 is 1.71. The molecule has 0 spiro atoms. The lowest BCUT2D eigenvalue weighted by Gasteiger charge is -2.21. The molecule has 72 valence electrons. The van der Waals surface area contributed by atoms with Crippen LogP contribution in [0.2, 0.25) is 0 Å². The van der Waals surface area contributed by atoms with Crippen LogP contribution in [-0.2, 0) is 6.42 Å². The van der Waals surface area contributed by atoms with Gasteiger partial charge in [-0.1, -0.05) is 6.92 Å². The second-order valence-electron chi connectivity index (χ2n) is 4.38. The van der Waals surface area contributed by atoms with Crippen LogP contribution in [0.3, 0.4) is 0 Å². The van der Waals surface area contributed by atoms with E-state index >= 15 is 0 Å². The van der Waals surface area contributed by atoms with Crippen molar-refractivity contribution in [2.24, 2.45) is 5.92 Å². The van der Waals surface area contributed by atoms with Crippen molar-refractivity contribution in [3.05, 3.63) is 22.4 Å². The first-order valence-corrected chi connectivity index (χ1v) is 5.86. The molecule has 1 aromatic rings. The van der Waals surface area contributed by atoms with Gasteiger partial charge in [-0.2, -0.15) is 11.3 Å². The minimum Gasteiger partial charge on any atom is -0.390 e. The van der Waals surface area contributed by atoms with Crippen LogP contribution in [-0.4, -0.2) is 10.7 Å².